The van der Waals surface area contributed by atoms with E-state index in [1.54, 1.807) is 0 Å². The number of nitrogens with zero attached hydrogens (tertiary/aromatic N) is 1. The van der Waals surface area contributed by atoms with Crippen LogP contribution in [0.2, 0.25) is 0 Å². The van der Waals surface area contributed by atoms with Crippen molar-refractivity contribution in [3.8, 4) is 11.3 Å². The van der Waals surface area contributed by atoms with Crippen LogP contribution in [0.15, 0.2) is 65.1 Å². The molecule has 4 rings (SSSR count). The van der Waals surface area contributed by atoms with Crippen LogP contribution in [0.1, 0.15) is 28.1 Å². The van der Waals surface area contributed by atoms with Crippen molar-refractivity contribution in [3.05, 3.63) is 83.4 Å². The van der Waals surface area contributed by atoms with Crippen molar-refractivity contribution in [2.45, 2.75) is 25.2 Å². The fourth-order valence-corrected chi connectivity index (χ4v) is 5.51. The fourth-order valence-electron chi connectivity index (χ4n) is 3.78. The summed E-state index contributed by atoms with van der Waals surface area (Å²) in [6, 6.07) is 12.0. The van der Waals surface area contributed by atoms with Crippen LogP contribution >= 0.6 is 0 Å². The minimum atomic E-state index is -4.50. The van der Waals surface area contributed by atoms with Crippen LogP contribution in [0.25, 0.3) is 11.3 Å². The maximum absolute atomic E-state index is 13.3. The molecule has 1 amide bonds. The number of sulfone groups is 1. The van der Waals surface area contributed by atoms with E-state index >= 15 is 0 Å². The molecule has 5 nitrogen and oxygen atoms in total. The molecule has 2 aromatic carbocycles. The van der Waals surface area contributed by atoms with Crippen molar-refractivity contribution in [1.29, 1.82) is 0 Å². The second-order valence-corrected chi connectivity index (χ2v) is 10.1. The van der Waals surface area contributed by atoms with Gasteiger partial charge in [0.1, 0.15) is 17.3 Å². The summed E-state index contributed by atoms with van der Waals surface area (Å²) >= 11 is 0. The normalized spacial score (nSPS) is 17.8. The van der Waals surface area contributed by atoms with Gasteiger partial charge >= 0.3 is 6.18 Å². The molecule has 1 unspecified atom stereocenters. The van der Waals surface area contributed by atoms with E-state index in [4.69, 9.17) is 4.42 Å². The van der Waals surface area contributed by atoms with Crippen LogP contribution in [-0.4, -0.2) is 36.8 Å². The maximum atomic E-state index is 13.3. The van der Waals surface area contributed by atoms with Gasteiger partial charge in [0.05, 0.1) is 23.6 Å². The molecule has 3 aromatic rings. The number of alkyl halides is 3. The van der Waals surface area contributed by atoms with Crippen LogP contribution in [0.4, 0.5) is 17.6 Å². The van der Waals surface area contributed by atoms with Gasteiger partial charge in [0.2, 0.25) is 0 Å². The lowest BCUT2D eigenvalue weighted by Gasteiger charge is -2.27. The molecule has 1 aliphatic heterocycles. The molecule has 0 bridgehead atoms. The molecular weight excluding hydrogens is 462 g/mol. The van der Waals surface area contributed by atoms with E-state index in [0.29, 0.717) is 0 Å². The minimum absolute atomic E-state index is 0.0570. The van der Waals surface area contributed by atoms with Crippen molar-refractivity contribution in [2.24, 2.45) is 0 Å². The predicted molar refractivity (Wildman–Crippen MR) is 112 cm³/mol. The second-order valence-electron chi connectivity index (χ2n) is 7.84. The van der Waals surface area contributed by atoms with Crippen LogP contribution < -0.4 is 0 Å². The smallest absolute Gasteiger partial charge is 0.416 e. The Kier molecular flexibility index (Phi) is 6.04. The average molecular weight is 481 g/mol. The lowest BCUT2D eigenvalue weighted by molar-refractivity contribution is -0.137. The first kappa shape index (κ1) is 23.0. The molecule has 0 radical (unpaired) electrons. The summed E-state index contributed by atoms with van der Waals surface area (Å²) < 4.78 is 82.1. The third-order valence-corrected chi connectivity index (χ3v) is 7.21. The molecule has 0 aliphatic carbocycles. The number of amides is 1. The lowest BCUT2D eigenvalue weighted by atomic mass is 10.1. The van der Waals surface area contributed by atoms with Gasteiger partial charge in [-0.3, -0.25) is 4.79 Å². The summed E-state index contributed by atoms with van der Waals surface area (Å²) in [6.07, 6.45) is -4.26. The number of hydrogen-bond donors (Lipinski definition) is 0. The van der Waals surface area contributed by atoms with Gasteiger partial charge in [-0.1, -0.05) is 12.1 Å². The van der Waals surface area contributed by atoms with Crippen LogP contribution in [-0.2, 0) is 22.6 Å². The highest BCUT2D eigenvalue weighted by molar-refractivity contribution is 7.91. The van der Waals surface area contributed by atoms with Gasteiger partial charge in [-0.25, -0.2) is 12.8 Å². The summed E-state index contributed by atoms with van der Waals surface area (Å²) in [5.74, 6) is -0.807. The zero-order valence-corrected chi connectivity index (χ0v) is 18.0. The first-order valence-corrected chi connectivity index (χ1v) is 11.9. The Morgan fingerprint density at radius 1 is 1.06 bits per heavy atom. The molecule has 1 saturated heterocycles. The number of rotatable bonds is 5. The van der Waals surface area contributed by atoms with E-state index in [0.717, 1.165) is 24.3 Å². The Hall–Kier alpha value is -3.14. The molecule has 1 aliphatic rings. The topological polar surface area (TPSA) is 67.6 Å². The number of halogens is 4. The molecular formula is C23H19F4NO4S. The van der Waals surface area contributed by atoms with Gasteiger partial charge in [0.15, 0.2) is 9.84 Å². The van der Waals surface area contributed by atoms with E-state index in [-0.39, 0.29) is 47.1 Å². The van der Waals surface area contributed by atoms with Gasteiger partial charge in [0.25, 0.3) is 5.91 Å². The second kappa shape index (κ2) is 8.66. The number of carbonyl (C=O) groups is 1. The fraction of sp³-hybridized carbons (Fsp3) is 0.261. The van der Waals surface area contributed by atoms with E-state index in [1.165, 1.54) is 41.3 Å². The lowest BCUT2D eigenvalue weighted by Crippen LogP contribution is -2.40. The Bertz CT molecular complexity index is 1270. The molecule has 1 atom stereocenters. The van der Waals surface area contributed by atoms with Crippen molar-refractivity contribution < 1.29 is 35.2 Å². The average Bonchev–Trinajstić information content (AvgIpc) is 3.37. The van der Waals surface area contributed by atoms with Crippen molar-refractivity contribution >= 4 is 15.7 Å². The van der Waals surface area contributed by atoms with E-state index in [1.807, 2.05) is 0 Å². The zero-order chi connectivity index (χ0) is 23.8. The zero-order valence-electron chi connectivity index (χ0n) is 17.2. The van der Waals surface area contributed by atoms with Crippen LogP contribution in [0.5, 0.6) is 0 Å². The predicted octanol–water partition coefficient (Wildman–Crippen LogP) is 4.93. The van der Waals surface area contributed by atoms with Gasteiger partial charge in [-0.05, 0) is 55.0 Å². The number of furan rings is 1. The molecule has 10 heteroatoms. The van der Waals surface area contributed by atoms with Gasteiger partial charge < -0.3 is 9.32 Å². The summed E-state index contributed by atoms with van der Waals surface area (Å²) in [6.45, 7) is -0.0879. The highest BCUT2D eigenvalue weighted by Crippen LogP contribution is 2.33. The molecule has 2 heterocycles. The van der Waals surface area contributed by atoms with E-state index in [2.05, 4.69) is 0 Å². The quantitative estimate of drug-likeness (QED) is 0.485. The third kappa shape index (κ3) is 5.27. The summed E-state index contributed by atoms with van der Waals surface area (Å²) in [5.41, 5.74) is -0.413. The van der Waals surface area contributed by atoms with Crippen molar-refractivity contribution in [2.75, 3.05) is 11.5 Å². The third-order valence-electron chi connectivity index (χ3n) is 5.46. The van der Waals surface area contributed by atoms with E-state index in [9.17, 15) is 30.8 Å². The monoisotopic (exact) mass is 481 g/mol. The molecule has 174 valence electrons. The van der Waals surface area contributed by atoms with Gasteiger partial charge in [-0.2, -0.15) is 13.2 Å². The Labute approximate surface area is 187 Å². The Morgan fingerprint density at radius 3 is 2.42 bits per heavy atom. The highest BCUT2D eigenvalue weighted by Gasteiger charge is 2.36. The Morgan fingerprint density at radius 2 is 1.79 bits per heavy atom. The molecule has 33 heavy (non-hydrogen) atoms. The maximum Gasteiger partial charge on any atom is 0.416 e. The number of benzene rings is 2. The molecule has 0 spiro atoms. The minimum Gasteiger partial charge on any atom is -0.459 e. The van der Waals surface area contributed by atoms with Gasteiger partial charge in [0, 0.05) is 17.2 Å². The molecule has 1 aromatic heterocycles. The SMILES string of the molecule is O=C(c1ccc(F)cc1)N(Cc1ccc(-c2cccc(C(F)(F)F)c2)o1)C1CCS(=O)(=O)C1. The van der Waals surface area contributed by atoms with Crippen LogP contribution in [0, 0.1) is 5.82 Å². The van der Waals surface area contributed by atoms with E-state index < -0.39 is 39.3 Å². The van der Waals surface area contributed by atoms with Crippen LogP contribution in [0.3, 0.4) is 0 Å². The summed E-state index contributed by atoms with van der Waals surface area (Å²) in [7, 11) is -3.30. The van der Waals surface area contributed by atoms with Gasteiger partial charge in [-0.15, -0.1) is 0 Å². The van der Waals surface area contributed by atoms with Crippen molar-refractivity contribution in [3.63, 3.8) is 0 Å². The number of hydrogen-bond acceptors (Lipinski definition) is 4. The standard InChI is InChI=1S/C23H19F4NO4S/c24-18-6-4-15(5-7-18)22(29)28(19-10-11-33(30,31)14-19)13-20-8-9-21(32-20)16-2-1-3-17(12-16)23(25,26)27/h1-9,12,19H,10-11,13-14H2. The van der Waals surface area contributed by atoms with Crippen molar-refractivity contribution in [1.82, 2.24) is 4.90 Å². The number of carbonyl (C=O) groups excluding carboxylic acids is 1. The summed E-state index contributed by atoms with van der Waals surface area (Å²) in [5, 5.41) is 0. The molecule has 0 saturated carbocycles. The highest BCUT2D eigenvalue weighted by atomic mass is 32.2. The largest absolute Gasteiger partial charge is 0.459 e. The molecule has 0 N–H and O–H groups in total. The Balaban J connectivity index is 1.61. The first-order chi connectivity index (χ1) is 15.5. The molecule has 1 fully saturated rings. The first-order valence-electron chi connectivity index (χ1n) is 10.1. The summed E-state index contributed by atoms with van der Waals surface area (Å²) in [4.78, 5) is 14.5.